The summed E-state index contributed by atoms with van der Waals surface area (Å²) in [6.07, 6.45) is 6.20. The van der Waals surface area contributed by atoms with E-state index in [1.165, 1.54) is 19.1 Å². The molecule has 102 valence electrons. The molecule has 1 aliphatic rings. The van der Waals surface area contributed by atoms with Crippen LogP contribution < -0.4 is 5.32 Å². The van der Waals surface area contributed by atoms with Crippen LogP contribution in [-0.4, -0.2) is 45.2 Å². The Morgan fingerprint density at radius 1 is 1.41 bits per heavy atom. The molecule has 4 nitrogen and oxygen atoms in total. The third-order valence-electron chi connectivity index (χ3n) is 3.46. The first-order chi connectivity index (χ1) is 7.83. The van der Waals surface area contributed by atoms with Gasteiger partial charge >= 0.3 is 0 Å². The van der Waals surface area contributed by atoms with Crippen LogP contribution in [0.1, 0.15) is 39.5 Å². The second-order valence-electron chi connectivity index (χ2n) is 5.49. The van der Waals surface area contributed by atoms with E-state index in [0.29, 0.717) is 12.6 Å². The minimum atomic E-state index is -2.99. The molecule has 0 amide bonds. The van der Waals surface area contributed by atoms with Crippen molar-refractivity contribution in [1.82, 2.24) is 5.32 Å². The second-order valence-corrected chi connectivity index (χ2v) is 8.14. The maximum Gasteiger partial charge on any atom is 0.153 e. The molecule has 1 rings (SSSR count). The van der Waals surface area contributed by atoms with Crippen LogP contribution in [0.5, 0.6) is 0 Å². The van der Waals surface area contributed by atoms with Crippen LogP contribution in [0.2, 0.25) is 0 Å². The lowest BCUT2D eigenvalue weighted by Gasteiger charge is -2.23. The lowest BCUT2D eigenvalue weighted by atomic mass is 10.1. The minimum Gasteiger partial charge on any atom is -0.378 e. The number of sulfone groups is 1. The average molecular weight is 263 g/mol. The first-order valence-electron chi connectivity index (χ1n) is 6.35. The van der Waals surface area contributed by atoms with Crippen LogP contribution in [0.25, 0.3) is 0 Å². The Hall–Kier alpha value is -0.130. The summed E-state index contributed by atoms with van der Waals surface area (Å²) in [6.45, 7) is 5.79. The number of nitrogens with one attached hydrogen (secondary N) is 1. The predicted octanol–water partition coefficient (Wildman–Crippen LogP) is 1.36. The second kappa shape index (κ2) is 6.16. The van der Waals surface area contributed by atoms with Gasteiger partial charge in [0.25, 0.3) is 0 Å². The third-order valence-corrected chi connectivity index (χ3v) is 5.61. The highest BCUT2D eigenvalue weighted by atomic mass is 32.2. The van der Waals surface area contributed by atoms with Gasteiger partial charge in [-0.25, -0.2) is 8.42 Å². The van der Waals surface area contributed by atoms with Crippen molar-refractivity contribution in [2.75, 3.05) is 26.0 Å². The summed E-state index contributed by atoms with van der Waals surface area (Å²) >= 11 is 0. The van der Waals surface area contributed by atoms with Gasteiger partial charge in [-0.1, -0.05) is 0 Å². The molecule has 0 aromatic rings. The van der Waals surface area contributed by atoms with E-state index in [1.54, 1.807) is 13.8 Å². The molecular weight excluding hydrogens is 238 g/mol. The topological polar surface area (TPSA) is 55.4 Å². The van der Waals surface area contributed by atoms with Crippen molar-refractivity contribution in [3.63, 3.8) is 0 Å². The first-order valence-corrected chi connectivity index (χ1v) is 8.24. The molecule has 1 heterocycles. The van der Waals surface area contributed by atoms with Gasteiger partial charge in [0.05, 0.1) is 10.9 Å². The molecule has 17 heavy (non-hydrogen) atoms. The van der Waals surface area contributed by atoms with Crippen LogP contribution in [0.3, 0.4) is 0 Å². The maximum atomic E-state index is 11.5. The zero-order valence-corrected chi connectivity index (χ0v) is 12.0. The molecule has 0 bridgehead atoms. The summed E-state index contributed by atoms with van der Waals surface area (Å²) in [5.74, 6) is 0. The van der Waals surface area contributed by atoms with E-state index in [4.69, 9.17) is 4.74 Å². The van der Waals surface area contributed by atoms with Crippen molar-refractivity contribution >= 4 is 9.84 Å². The van der Waals surface area contributed by atoms with E-state index >= 15 is 0 Å². The Labute approximate surface area is 105 Å². The molecule has 1 unspecified atom stereocenters. The van der Waals surface area contributed by atoms with Crippen molar-refractivity contribution in [3.05, 3.63) is 0 Å². The summed E-state index contributed by atoms with van der Waals surface area (Å²) in [5, 5.41) is 3.22. The van der Waals surface area contributed by atoms with Gasteiger partial charge in [-0.3, -0.25) is 0 Å². The Morgan fingerprint density at radius 3 is 2.65 bits per heavy atom. The van der Waals surface area contributed by atoms with Gasteiger partial charge in [-0.2, -0.15) is 0 Å². The largest absolute Gasteiger partial charge is 0.378 e. The molecule has 1 atom stereocenters. The Balaban J connectivity index is 2.11. The number of ether oxygens (including phenoxy) is 1. The quantitative estimate of drug-likeness (QED) is 0.705. The zero-order chi connectivity index (χ0) is 12.9. The molecule has 1 fully saturated rings. The van der Waals surface area contributed by atoms with E-state index in [2.05, 4.69) is 5.32 Å². The summed E-state index contributed by atoms with van der Waals surface area (Å²) in [7, 11) is -2.99. The number of hydrogen-bond acceptors (Lipinski definition) is 4. The fourth-order valence-corrected chi connectivity index (χ4v) is 2.21. The highest BCUT2D eigenvalue weighted by Crippen LogP contribution is 2.17. The molecule has 0 radical (unpaired) electrons. The number of hydrogen-bond donors (Lipinski definition) is 1. The monoisotopic (exact) mass is 263 g/mol. The van der Waals surface area contributed by atoms with Gasteiger partial charge in [0.2, 0.25) is 0 Å². The van der Waals surface area contributed by atoms with Crippen LogP contribution >= 0.6 is 0 Å². The molecule has 0 aliphatic carbocycles. The van der Waals surface area contributed by atoms with Crippen molar-refractivity contribution in [2.24, 2.45) is 0 Å². The van der Waals surface area contributed by atoms with Gasteiger partial charge in [-0.05, 0) is 46.1 Å². The lowest BCUT2D eigenvalue weighted by molar-refractivity contribution is 0.102. The summed E-state index contributed by atoms with van der Waals surface area (Å²) in [6, 6.07) is 0. The molecule has 5 heteroatoms. The number of rotatable bonds is 7. The average Bonchev–Trinajstić information content (AvgIpc) is 2.68. The Bertz CT molecular complexity index is 319. The smallest absolute Gasteiger partial charge is 0.153 e. The highest BCUT2D eigenvalue weighted by molar-refractivity contribution is 7.92. The summed E-state index contributed by atoms with van der Waals surface area (Å²) in [4.78, 5) is 0. The minimum absolute atomic E-state index is 0.430. The molecule has 1 saturated heterocycles. The van der Waals surface area contributed by atoms with E-state index < -0.39 is 14.6 Å². The van der Waals surface area contributed by atoms with E-state index in [9.17, 15) is 8.42 Å². The summed E-state index contributed by atoms with van der Waals surface area (Å²) in [5.41, 5.74) is 0. The van der Waals surface area contributed by atoms with Crippen LogP contribution in [0.4, 0.5) is 0 Å². The predicted molar refractivity (Wildman–Crippen MR) is 70.0 cm³/mol. The van der Waals surface area contributed by atoms with Crippen LogP contribution in [0, 0.1) is 0 Å². The Morgan fingerprint density at radius 2 is 2.12 bits per heavy atom. The van der Waals surface area contributed by atoms with Gasteiger partial charge in [0, 0.05) is 19.4 Å². The van der Waals surface area contributed by atoms with Gasteiger partial charge in [-0.15, -0.1) is 0 Å². The molecular formula is C12H25NO3S. The van der Waals surface area contributed by atoms with Gasteiger partial charge < -0.3 is 10.1 Å². The van der Waals surface area contributed by atoms with Crippen molar-refractivity contribution in [3.8, 4) is 0 Å². The fourth-order valence-electron chi connectivity index (χ4n) is 1.85. The molecule has 1 aliphatic heterocycles. The molecule has 0 aromatic heterocycles. The van der Waals surface area contributed by atoms with Crippen LogP contribution in [0.15, 0.2) is 0 Å². The van der Waals surface area contributed by atoms with Crippen molar-refractivity contribution in [1.29, 1.82) is 0 Å². The van der Waals surface area contributed by atoms with E-state index in [-0.39, 0.29) is 0 Å². The van der Waals surface area contributed by atoms with Crippen molar-refractivity contribution < 1.29 is 13.2 Å². The molecule has 1 N–H and O–H groups in total. The highest BCUT2D eigenvalue weighted by Gasteiger charge is 2.29. The first kappa shape index (κ1) is 14.9. The van der Waals surface area contributed by atoms with Crippen LogP contribution in [-0.2, 0) is 14.6 Å². The third kappa shape index (κ3) is 4.94. The van der Waals surface area contributed by atoms with Gasteiger partial charge in [0.1, 0.15) is 0 Å². The van der Waals surface area contributed by atoms with Crippen molar-refractivity contribution in [2.45, 2.75) is 50.4 Å². The molecule has 0 saturated carbocycles. The standard InChI is InChI=1S/C12H25NO3S/c1-12(2,17(3,14)15)10-13-8-4-6-11-7-5-9-16-11/h11,13H,4-10H2,1-3H3. The SMILES string of the molecule is CC(C)(CNCCCC1CCCO1)S(C)(=O)=O. The Kier molecular flexibility index (Phi) is 5.41. The fraction of sp³-hybridized carbons (Fsp3) is 1.00. The molecule has 0 spiro atoms. The molecule has 0 aromatic carbocycles. The van der Waals surface area contributed by atoms with E-state index in [0.717, 1.165) is 26.0 Å². The lowest BCUT2D eigenvalue weighted by Crippen LogP contribution is -2.42. The zero-order valence-electron chi connectivity index (χ0n) is 11.2. The van der Waals surface area contributed by atoms with E-state index in [1.807, 2.05) is 0 Å². The summed E-state index contributed by atoms with van der Waals surface area (Å²) < 4.78 is 27.8. The normalized spacial score (nSPS) is 21.9. The van der Waals surface area contributed by atoms with Gasteiger partial charge in [0.15, 0.2) is 9.84 Å². The maximum absolute atomic E-state index is 11.5.